The van der Waals surface area contributed by atoms with Gasteiger partial charge in [-0.3, -0.25) is 0 Å². The SMILES string of the molecule is CN1CCCc2cc(N=Nc3nnc(C(=O)OC(C)(C)C)s3)c(NSC(F)(F)F)cc21. The van der Waals surface area contributed by atoms with E-state index in [1.54, 1.807) is 32.9 Å². The van der Waals surface area contributed by atoms with E-state index in [2.05, 4.69) is 25.1 Å². The third kappa shape index (κ3) is 6.53. The molecule has 0 saturated heterocycles. The topological polar surface area (TPSA) is 92.1 Å². The molecule has 0 radical (unpaired) electrons. The Bertz CT molecular complexity index is 988. The predicted molar refractivity (Wildman–Crippen MR) is 115 cm³/mol. The van der Waals surface area contributed by atoms with Gasteiger partial charge >= 0.3 is 11.5 Å². The van der Waals surface area contributed by atoms with Gasteiger partial charge in [-0.1, -0.05) is 11.3 Å². The molecule has 0 unspecified atom stereocenters. The molecule has 168 valence electrons. The number of rotatable bonds is 5. The molecule has 2 aromatic rings. The highest BCUT2D eigenvalue weighted by molar-refractivity contribution is 8.01. The Hall–Kier alpha value is -2.41. The van der Waals surface area contributed by atoms with E-state index in [0.717, 1.165) is 42.0 Å². The van der Waals surface area contributed by atoms with E-state index in [9.17, 15) is 18.0 Å². The molecule has 31 heavy (non-hydrogen) atoms. The molecule has 1 aromatic carbocycles. The number of esters is 1. The number of aryl methyl sites for hydroxylation is 1. The molecule has 2 heterocycles. The van der Waals surface area contributed by atoms with Gasteiger partial charge in [0.15, 0.2) is 0 Å². The van der Waals surface area contributed by atoms with Gasteiger partial charge in [-0.2, -0.15) is 13.2 Å². The molecule has 13 heteroatoms. The van der Waals surface area contributed by atoms with Gasteiger partial charge in [0.25, 0.3) is 5.13 Å². The van der Waals surface area contributed by atoms with Crippen LogP contribution < -0.4 is 9.62 Å². The van der Waals surface area contributed by atoms with E-state index in [-0.39, 0.29) is 33.5 Å². The average Bonchev–Trinajstić information content (AvgIpc) is 3.12. The molecule has 1 aliphatic rings. The molecule has 8 nitrogen and oxygen atoms in total. The number of carbonyl (C=O) groups excluding carboxylic acids is 1. The summed E-state index contributed by atoms with van der Waals surface area (Å²) in [6.07, 6.45) is 1.72. The van der Waals surface area contributed by atoms with Gasteiger partial charge < -0.3 is 14.4 Å². The molecule has 1 aliphatic heterocycles. The van der Waals surface area contributed by atoms with E-state index in [1.165, 1.54) is 0 Å². The van der Waals surface area contributed by atoms with E-state index < -0.39 is 17.1 Å². The first-order valence-corrected chi connectivity index (χ1v) is 10.9. The summed E-state index contributed by atoms with van der Waals surface area (Å²) in [5.41, 5.74) is -2.92. The monoisotopic (exact) mass is 474 g/mol. The summed E-state index contributed by atoms with van der Waals surface area (Å²) < 4.78 is 45.7. The van der Waals surface area contributed by atoms with Gasteiger partial charge in [0, 0.05) is 19.3 Å². The molecule has 3 rings (SSSR count). The number of aromatic nitrogens is 2. The maximum atomic E-state index is 12.7. The van der Waals surface area contributed by atoms with Crippen LogP contribution in [0.4, 0.5) is 35.4 Å². The van der Waals surface area contributed by atoms with E-state index >= 15 is 0 Å². The van der Waals surface area contributed by atoms with Crippen LogP contribution in [-0.2, 0) is 11.2 Å². The second-order valence-electron chi connectivity index (χ2n) is 7.76. The Labute approximate surface area is 185 Å². The normalized spacial score (nSPS) is 14.6. The van der Waals surface area contributed by atoms with Crippen molar-refractivity contribution < 1.29 is 22.7 Å². The third-order valence-corrected chi connectivity index (χ3v) is 5.40. The second-order valence-corrected chi connectivity index (χ2v) is 9.59. The number of hydrogen-bond acceptors (Lipinski definition) is 10. The number of anilines is 2. The third-order valence-electron chi connectivity index (χ3n) is 4.06. The number of nitrogens with one attached hydrogen (secondary N) is 1. The molecule has 0 amide bonds. The van der Waals surface area contributed by atoms with Gasteiger partial charge in [-0.05, 0) is 51.3 Å². The smallest absolute Gasteiger partial charge is 0.455 e. The second kappa shape index (κ2) is 8.99. The zero-order valence-corrected chi connectivity index (χ0v) is 18.9. The maximum Gasteiger partial charge on any atom is 0.461 e. The molecule has 0 aliphatic carbocycles. The fourth-order valence-electron chi connectivity index (χ4n) is 2.84. The van der Waals surface area contributed by atoms with Crippen LogP contribution in [0.15, 0.2) is 22.4 Å². The van der Waals surface area contributed by atoms with Crippen molar-refractivity contribution >= 4 is 51.4 Å². The fourth-order valence-corrected chi connectivity index (χ4v) is 3.77. The van der Waals surface area contributed by atoms with Crippen molar-refractivity contribution in [3.8, 4) is 0 Å². The lowest BCUT2D eigenvalue weighted by molar-refractivity contribution is -0.0324. The Morgan fingerprint density at radius 3 is 2.68 bits per heavy atom. The van der Waals surface area contributed by atoms with Gasteiger partial charge in [0.2, 0.25) is 5.01 Å². The molecule has 0 bridgehead atoms. The van der Waals surface area contributed by atoms with Crippen LogP contribution in [0.5, 0.6) is 0 Å². The minimum absolute atomic E-state index is 0.0157. The first kappa shape index (κ1) is 23.3. The van der Waals surface area contributed by atoms with Crippen molar-refractivity contribution in [2.75, 3.05) is 23.2 Å². The molecule has 0 atom stereocenters. The number of fused-ring (bicyclic) bond motifs is 1. The number of nitrogens with zero attached hydrogens (tertiary/aromatic N) is 5. The van der Waals surface area contributed by atoms with Crippen molar-refractivity contribution in [1.29, 1.82) is 0 Å². The van der Waals surface area contributed by atoms with Gasteiger partial charge in [-0.25, -0.2) is 4.79 Å². The van der Waals surface area contributed by atoms with Crippen molar-refractivity contribution in [2.45, 2.75) is 44.7 Å². The van der Waals surface area contributed by atoms with E-state index in [4.69, 9.17) is 4.74 Å². The van der Waals surface area contributed by atoms with Crippen LogP contribution in [0.1, 0.15) is 42.6 Å². The number of alkyl halides is 3. The average molecular weight is 475 g/mol. The maximum absolute atomic E-state index is 12.7. The molecule has 0 fully saturated rings. The Balaban J connectivity index is 1.86. The largest absolute Gasteiger partial charge is 0.461 e. The number of azo groups is 1. The molecule has 0 saturated carbocycles. The first-order chi connectivity index (χ1) is 14.4. The summed E-state index contributed by atoms with van der Waals surface area (Å²) in [6.45, 7) is 6.01. The minimum atomic E-state index is -4.46. The summed E-state index contributed by atoms with van der Waals surface area (Å²) in [5, 5.41) is 15.7. The first-order valence-electron chi connectivity index (χ1n) is 9.29. The van der Waals surface area contributed by atoms with Crippen molar-refractivity contribution in [3.63, 3.8) is 0 Å². The van der Waals surface area contributed by atoms with Crippen LogP contribution in [0.3, 0.4) is 0 Å². The summed E-state index contributed by atoms with van der Waals surface area (Å²) in [5.74, 6) is -0.632. The molecule has 1 N–H and O–H groups in total. The zero-order chi connectivity index (χ0) is 22.8. The van der Waals surface area contributed by atoms with E-state index in [0.29, 0.717) is 0 Å². The van der Waals surface area contributed by atoms with Crippen LogP contribution in [-0.4, -0.2) is 40.9 Å². The Morgan fingerprint density at radius 1 is 1.26 bits per heavy atom. The number of benzene rings is 1. The summed E-state index contributed by atoms with van der Waals surface area (Å²) in [4.78, 5) is 14.0. The zero-order valence-electron chi connectivity index (χ0n) is 17.3. The van der Waals surface area contributed by atoms with Crippen LogP contribution in [0.25, 0.3) is 0 Å². The molecular formula is C18H21F3N6O2S2. The van der Waals surface area contributed by atoms with Gasteiger partial charge in [0.05, 0.1) is 17.6 Å². The molecule has 0 spiro atoms. The number of carbonyl (C=O) groups is 1. The van der Waals surface area contributed by atoms with Crippen LogP contribution >= 0.6 is 23.3 Å². The number of ether oxygens (including phenoxy) is 1. The highest BCUT2D eigenvalue weighted by atomic mass is 32.2. The highest BCUT2D eigenvalue weighted by Crippen LogP contribution is 2.40. The minimum Gasteiger partial charge on any atom is -0.455 e. The summed E-state index contributed by atoms with van der Waals surface area (Å²) in [6, 6.07) is 3.34. The van der Waals surface area contributed by atoms with Gasteiger partial charge in [0.1, 0.15) is 11.3 Å². The highest BCUT2D eigenvalue weighted by Gasteiger charge is 2.30. The lowest BCUT2D eigenvalue weighted by Crippen LogP contribution is -2.24. The Morgan fingerprint density at radius 2 is 2.00 bits per heavy atom. The molecule has 1 aromatic heterocycles. The fraction of sp³-hybridized carbons (Fsp3) is 0.500. The predicted octanol–water partition coefficient (Wildman–Crippen LogP) is 5.87. The summed E-state index contributed by atoms with van der Waals surface area (Å²) in [7, 11) is 1.89. The van der Waals surface area contributed by atoms with Crippen molar-refractivity contribution in [3.05, 3.63) is 22.7 Å². The van der Waals surface area contributed by atoms with Crippen molar-refractivity contribution in [2.24, 2.45) is 10.2 Å². The van der Waals surface area contributed by atoms with Crippen molar-refractivity contribution in [1.82, 2.24) is 10.2 Å². The number of halogens is 3. The van der Waals surface area contributed by atoms with Crippen LogP contribution in [0, 0.1) is 0 Å². The Kier molecular flexibility index (Phi) is 6.74. The quantitative estimate of drug-likeness (QED) is 0.329. The number of hydrogen-bond donors (Lipinski definition) is 1. The van der Waals surface area contributed by atoms with Crippen LogP contribution in [0.2, 0.25) is 0 Å². The van der Waals surface area contributed by atoms with E-state index in [1.807, 2.05) is 11.9 Å². The summed E-state index contributed by atoms with van der Waals surface area (Å²) >= 11 is 0.513. The lowest BCUT2D eigenvalue weighted by atomic mass is 10.0. The standard InChI is InChI=1S/C18H21F3N6O2S2/c1-17(2,3)29-15(28)14-23-25-16(30-14)24-22-11-8-10-6-5-7-27(4)13(10)9-12(11)26-31-18(19,20)21/h8-9,26H,5-7H2,1-4H3. The van der Waals surface area contributed by atoms with Gasteiger partial charge in [-0.15, -0.1) is 20.4 Å². The lowest BCUT2D eigenvalue weighted by Gasteiger charge is -2.28. The molecular weight excluding hydrogens is 453 g/mol.